The van der Waals surface area contributed by atoms with E-state index in [0.717, 1.165) is 34.9 Å². The standard InChI is InChI=1S/C14H19ClN2/c1-10(2)5-6-16-8-11-3-4-14-12(7-11)13(15)9-17-14/h3-4,7,9-10,16-17H,5-6,8H2,1-2H3. The number of halogens is 1. The van der Waals surface area contributed by atoms with Crippen LogP contribution in [0.4, 0.5) is 0 Å². The number of benzene rings is 1. The minimum atomic E-state index is 0.754. The van der Waals surface area contributed by atoms with Gasteiger partial charge in [0.1, 0.15) is 0 Å². The third-order valence-electron chi connectivity index (χ3n) is 2.92. The van der Waals surface area contributed by atoms with E-state index in [-0.39, 0.29) is 0 Å². The van der Waals surface area contributed by atoms with Gasteiger partial charge in [0.25, 0.3) is 0 Å². The molecule has 0 saturated carbocycles. The van der Waals surface area contributed by atoms with Gasteiger partial charge in [-0.2, -0.15) is 0 Å². The maximum atomic E-state index is 6.10. The van der Waals surface area contributed by atoms with Gasteiger partial charge in [0.15, 0.2) is 0 Å². The minimum Gasteiger partial charge on any atom is -0.360 e. The summed E-state index contributed by atoms with van der Waals surface area (Å²) in [6.07, 6.45) is 3.05. The number of hydrogen-bond acceptors (Lipinski definition) is 1. The highest BCUT2D eigenvalue weighted by atomic mass is 35.5. The van der Waals surface area contributed by atoms with Gasteiger partial charge < -0.3 is 10.3 Å². The summed E-state index contributed by atoms with van der Waals surface area (Å²) in [5, 5.41) is 5.36. The van der Waals surface area contributed by atoms with Crippen LogP contribution in [0.5, 0.6) is 0 Å². The fourth-order valence-electron chi connectivity index (χ4n) is 1.87. The maximum Gasteiger partial charge on any atom is 0.0659 e. The molecule has 2 N–H and O–H groups in total. The van der Waals surface area contributed by atoms with E-state index in [1.54, 1.807) is 0 Å². The lowest BCUT2D eigenvalue weighted by molar-refractivity contribution is 0.537. The second kappa shape index (κ2) is 5.56. The van der Waals surface area contributed by atoms with Crippen LogP contribution in [0.2, 0.25) is 5.02 Å². The van der Waals surface area contributed by atoms with Gasteiger partial charge in [0.2, 0.25) is 0 Å². The molecule has 92 valence electrons. The molecule has 1 aromatic heterocycles. The molecular weight excluding hydrogens is 232 g/mol. The highest BCUT2D eigenvalue weighted by Gasteiger charge is 2.02. The van der Waals surface area contributed by atoms with Gasteiger partial charge in [-0.25, -0.2) is 0 Å². The van der Waals surface area contributed by atoms with E-state index in [0.29, 0.717) is 0 Å². The van der Waals surface area contributed by atoms with Crippen molar-refractivity contribution >= 4 is 22.5 Å². The number of hydrogen-bond donors (Lipinski definition) is 2. The molecule has 0 saturated heterocycles. The van der Waals surface area contributed by atoms with E-state index in [1.807, 2.05) is 6.20 Å². The van der Waals surface area contributed by atoms with Crippen molar-refractivity contribution in [2.75, 3.05) is 6.54 Å². The summed E-state index contributed by atoms with van der Waals surface area (Å²) < 4.78 is 0. The lowest BCUT2D eigenvalue weighted by atomic mass is 10.1. The fourth-order valence-corrected chi connectivity index (χ4v) is 2.08. The monoisotopic (exact) mass is 250 g/mol. The van der Waals surface area contributed by atoms with Gasteiger partial charge in [0.05, 0.1) is 5.02 Å². The van der Waals surface area contributed by atoms with Crippen LogP contribution >= 0.6 is 11.6 Å². The van der Waals surface area contributed by atoms with Crippen molar-refractivity contribution in [1.29, 1.82) is 0 Å². The SMILES string of the molecule is CC(C)CCNCc1ccc2[nH]cc(Cl)c2c1. The molecule has 2 rings (SSSR count). The van der Waals surface area contributed by atoms with Crippen LogP contribution in [-0.2, 0) is 6.54 Å². The number of aromatic nitrogens is 1. The molecule has 2 aromatic rings. The van der Waals surface area contributed by atoms with E-state index < -0.39 is 0 Å². The second-order valence-corrected chi connectivity index (χ2v) is 5.28. The lowest BCUT2D eigenvalue weighted by Crippen LogP contribution is -2.16. The van der Waals surface area contributed by atoms with Crippen molar-refractivity contribution in [3.05, 3.63) is 35.0 Å². The predicted octanol–water partition coefficient (Wildman–Crippen LogP) is 3.96. The first-order chi connectivity index (χ1) is 8.16. The molecule has 0 radical (unpaired) electrons. The van der Waals surface area contributed by atoms with Gasteiger partial charge in [-0.1, -0.05) is 31.5 Å². The first kappa shape index (κ1) is 12.5. The summed E-state index contributed by atoms with van der Waals surface area (Å²) in [7, 11) is 0. The second-order valence-electron chi connectivity index (χ2n) is 4.88. The summed E-state index contributed by atoms with van der Waals surface area (Å²) in [5.41, 5.74) is 2.38. The zero-order valence-corrected chi connectivity index (χ0v) is 11.1. The van der Waals surface area contributed by atoms with Crippen LogP contribution < -0.4 is 5.32 Å². The molecule has 3 heteroatoms. The summed E-state index contributed by atoms with van der Waals surface area (Å²) in [6, 6.07) is 6.37. The van der Waals surface area contributed by atoms with Crippen LogP contribution in [0, 0.1) is 5.92 Å². The molecule has 1 aromatic carbocycles. The molecule has 0 unspecified atom stereocenters. The Hall–Kier alpha value is -0.990. The maximum absolute atomic E-state index is 6.10. The third-order valence-corrected chi connectivity index (χ3v) is 3.24. The summed E-state index contributed by atoms with van der Waals surface area (Å²) in [5.74, 6) is 0.754. The highest BCUT2D eigenvalue weighted by Crippen LogP contribution is 2.23. The van der Waals surface area contributed by atoms with E-state index >= 15 is 0 Å². The number of H-pyrrole nitrogens is 1. The molecule has 0 atom stereocenters. The Kier molecular flexibility index (Phi) is 4.08. The van der Waals surface area contributed by atoms with Crippen molar-refractivity contribution < 1.29 is 0 Å². The van der Waals surface area contributed by atoms with Crippen molar-refractivity contribution in [3.8, 4) is 0 Å². The van der Waals surface area contributed by atoms with Crippen LogP contribution in [0.15, 0.2) is 24.4 Å². The molecule has 0 bridgehead atoms. The molecule has 0 amide bonds. The zero-order valence-electron chi connectivity index (χ0n) is 10.4. The molecule has 1 heterocycles. The van der Waals surface area contributed by atoms with Crippen LogP contribution in [0.25, 0.3) is 10.9 Å². The first-order valence-corrected chi connectivity index (χ1v) is 6.51. The van der Waals surface area contributed by atoms with Crippen molar-refractivity contribution in [1.82, 2.24) is 10.3 Å². The average molecular weight is 251 g/mol. The van der Waals surface area contributed by atoms with Crippen LogP contribution in [0.1, 0.15) is 25.8 Å². The normalized spacial score (nSPS) is 11.5. The lowest BCUT2D eigenvalue weighted by Gasteiger charge is -2.07. The van der Waals surface area contributed by atoms with Gasteiger partial charge in [-0.15, -0.1) is 0 Å². The Morgan fingerprint density at radius 1 is 1.35 bits per heavy atom. The molecule has 17 heavy (non-hydrogen) atoms. The van der Waals surface area contributed by atoms with Crippen molar-refractivity contribution in [3.63, 3.8) is 0 Å². The van der Waals surface area contributed by atoms with Crippen molar-refractivity contribution in [2.24, 2.45) is 5.92 Å². The van der Waals surface area contributed by atoms with E-state index in [9.17, 15) is 0 Å². The zero-order chi connectivity index (χ0) is 12.3. The molecule has 2 nitrogen and oxygen atoms in total. The molecule has 0 aliphatic carbocycles. The van der Waals surface area contributed by atoms with E-state index in [4.69, 9.17) is 11.6 Å². The quantitative estimate of drug-likeness (QED) is 0.773. The molecule has 0 fully saturated rings. The smallest absolute Gasteiger partial charge is 0.0659 e. The Balaban J connectivity index is 1.97. The van der Waals surface area contributed by atoms with Crippen molar-refractivity contribution in [2.45, 2.75) is 26.8 Å². The Morgan fingerprint density at radius 3 is 2.94 bits per heavy atom. The number of rotatable bonds is 5. The minimum absolute atomic E-state index is 0.754. The average Bonchev–Trinajstić information content (AvgIpc) is 2.66. The largest absolute Gasteiger partial charge is 0.360 e. The number of fused-ring (bicyclic) bond motifs is 1. The fraction of sp³-hybridized carbons (Fsp3) is 0.429. The summed E-state index contributed by atoms with van der Waals surface area (Å²) in [6.45, 7) is 6.46. The Morgan fingerprint density at radius 2 is 2.18 bits per heavy atom. The predicted molar refractivity (Wildman–Crippen MR) is 74.5 cm³/mol. The third kappa shape index (κ3) is 3.24. The highest BCUT2D eigenvalue weighted by molar-refractivity contribution is 6.35. The topological polar surface area (TPSA) is 27.8 Å². The van der Waals surface area contributed by atoms with Gasteiger partial charge in [-0.05, 0) is 36.6 Å². The summed E-state index contributed by atoms with van der Waals surface area (Å²) >= 11 is 6.10. The Bertz CT molecular complexity index is 488. The molecular formula is C14H19ClN2. The first-order valence-electron chi connectivity index (χ1n) is 6.13. The molecule has 0 aliphatic heterocycles. The van der Waals surface area contributed by atoms with Gasteiger partial charge in [0, 0.05) is 23.6 Å². The van der Waals surface area contributed by atoms with Gasteiger partial charge >= 0.3 is 0 Å². The number of nitrogens with one attached hydrogen (secondary N) is 2. The van der Waals surface area contributed by atoms with E-state index in [2.05, 4.69) is 42.3 Å². The van der Waals surface area contributed by atoms with Crippen LogP contribution in [0.3, 0.4) is 0 Å². The summed E-state index contributed by atoms with van der Waals surface area (Å²) in [4.78, 5) is 3.14. The number of aromatic amines is 1. The van der Waals surface area contributed by atoms with E-state index in [1.165, 1.54) is 12.0 Å². The van der Waals surface area contributed by atoms with Crippen LogP contribution in [-0.4, -0.2) is 11.5 Å². The molecule has 0 aliphatic rings. The molecule has 0 spiro atoms. The Labute approximate surface area is 107 Å². The van der Waals surface area contributed by atoms with Gasteiger partial charge in [-0.3, -0.25) is 0 Å².